The van der Waals surface area contributed by atoms with Crippen LogP contribution < -0.4 is 5.73 Å². The molecule has 4 nitrogen and oxygen atoms in total. The fourth-order valence-corrected chi connectivity index (χ4v) is 3.17. The zero-order valence-corrected chi connectivity index (χ0v) is 10.8. The summed E-state index contributed by atoms with van der Waals surface area (Å²) in [6.45, 7) is 1.17. The van der Waals surface area contributed by atoms with Crippen LogP contribution in [-0.4, -0.2) is 37.1 Å². The number of methoxy groups -OCH3 is 1. The first-order chi connectivity index (χ1) is 8.24. The summed E-state index contributed by atoms with van der Waals surface area (Å²) in [5.74, 6) is 0.183. The van der Waals surface area contributed by atoms with Gasteiger partial charge in [-0.05, 0) is 17.9 Å². The van der Waals surface area contributed by atoms with Crippen molar-refractivity contribution in [3.05, 3.63) is 22.4 Å². The predicted molar refractivity (Wildman–Crippen MR) is 67.9 cm³/mol. The Bertz CT molecular complexity index is 367. The summed E-state index contributed by atoms with van der Waals surface area (Å²) in [6, 6.07) is 4.10. The second-order valence-corrected chi connectivity index (χ2v) is 5.22. The van der Waals surface area contributed by atoms with Crippen molar-refractivity contribution in [2.45, 2.75) is 24.9 Å². The number of carbonyl (C=O) groups excluding carboxylic acids is 1. The number of piperidine rings is 1. The minimum absolute atomic E-state index is 0.0198. The van der Waals surface area contributed by atoms with Gasteiger partial charge in [-0.1, -0.05) is 6.07 Å². The molecule has 5 heteroatoms. The maximum atomic E-state index is 12.0. The van der Waals surface area contributed by atoms with Crippen LogP contribution in [0.3, 0.4) is 0 Å². The lowest BCUT2D eigenvalue weighted by Gasteiger charge is -2.39. The Kier molecular flexibility index (Phi) is 4.15. The molecule has 2 rings (SSSR count). The SMILES string of the molecule is COCCN1C(=O)CCC(N)C1c1cccs1. The summed E-state index contributed by atoms with van der Waals surface area (Å²) in [6.07, 6.45) is 1.32. The van der Waals surface area contributed by atoms with E-state index in [4.69, 9.17) is 10.5 Å². The third kappa shape index (κ3) is 2.68. The van der Waals surface area contributed by atoms with Crippen LogP contribution in [0.15, 0.2) is 17.5 Å². The van der Waals surface area contributed by atoms with Crippen LogP contribution in [0.5, 0.6) is 0 Å². The molecular weight excluding hydrogens is 236 g/mol. The summed E-state index contributed by atoms with van der Waals surface area (Å²) in [4.78, 5) is 15.0. The van der Waals surface area contributed by atoms with Crippen LogP contribution in [0.4, 0.5) is 0 Å². The third-order valence-corrected chi connectivity index (χ3v) is 4.07. The highest BCUT2D eigenvalue weighted by atomic mass is 32.1. The lowest BCUT2D eigenvalue weighted by molar-refractivity contribution is -0.138. The van der Waals surface area contributed by atoms with E-state index in [1.165, 1.54) is 4.88 Å². The molecule has 1 aliphatic rings. The molecule has 1 aromatic heterocycles. The van der Waals surface area contributed by atoms with Gasteiger partial charge in [0, 0.05) is 31.0 Å². The van der Waals surface area contributed by atoms with Crippen molar-refractivity contribution >= 4 is 17.2 Å². The van der Waals surface area contributed by atoms with E-state index in [2.05, 4.69) is 0 Å². The summed E-state index contributed by atoms with van der Waals surface area (Å²) in [5, 5.41) is 2.02. The highest BCUT2D eigenvalue weighted by molar-refractivity contribution is 7.10. The number of nitrogens with zero attached hydrogens (tertiary/aromatic N) is 1. The highest BCUT2D eigenvalue weighted by Crippen LogP contribution is 2.33. The number of hydrogen-bond donors (Lipinski definition) is 1. The van der Waals surface area contributed by atoms with Gasteiger partial charge in [-0.15, -0.1) is 11.3 Å². The molecule has 1 amide bonds. The van der Waals surface area contributed by atoms with E-state index in [-0.39, 0.29) is 18.0 Å². The topological polar surface area (TPSA) is 55.6 Å². The molecule has 1 aliphatic heterocycles. The molecule has 1 saturated heterocycles. The normalized spacial score (nSPS) is 25.3. The number of likely N-dealkylation sites (tertiary alicyclic amines) is 1. The Balaban J connectivity index is 2.19. The highest BCUT2D eigenvalue weighted by Gasteiger charge is 2.34. The Labute approximate surface area is 105 Å². The molecule has 0 bridgehead atoms. The number of amides is 1. The quantitative estimate of drug-likeness (QED) is 0.883. The minimum atomic E-state index is 0.0198. The van der Waals surface area contributed by atoms with E-state index in [0.29, 0.717) is 19.6 Å². The standard InChI is InChI=1S/C12H18N2O2S/c1-16-7-6-14-11(15)5-4-9(13)12(14)10-3-2-8-17-10/h2-3,8-9,12H,4-7,13H2,1H3. The zero-order chi connectivity index (χ0) is 12.3. The Morgan fingerprint density at radius 2 is 2.47 bits per heavy atom. The minimum Gasteiger partial charge on any atom is -0.383 e. The van der Waals surface area contributed by atoms with Gasteiger partial charge in [0.15, 0.2) is 0 Å². The lowest BCUT2D eigenvalue weighted by atomic mass is 9.95. The van der Waals surface area contributed by atoms with Crippen LogP contribution in [0.1, 0.15) is 23.8 Å². The van der Waals surface area contributed by atoms with E-state index in [0.717, 1.165) is 6.42 Å². The molecular formula is C12H18N2O2S. The number of nitrogens with two attached hydrogens (primary N) is 1. The van der Waals surface area contributed by atoms with Gasteiger partial charge in [-0.25, -0.2) is 0 Å². The molecule has 1 aromatic rings. The van der Waals surface area contributed by atoms with E-state index >= 15 is 0 Å². The van der Waals surface area contributed by atoms with E-state index < -0.39 is 0 Å². The van der Waals surface area contributed by atoms with Crippen molar-refractivity contribution < 1.29 is 9.53 Å². The molecule has 2 atom stereocenters. The van der Waals surface area contributed by atoms with Crippen LogP contribution >= 0.6 is 11.3 Å². The van der Waals surface area contributed by atoms with Crippen LogP contribution in [0, 0.1) is 0 Å². The number of rotatable bonds is 4. The van der Waals surface area contributed by atoms with Crippen molar-refractivity contribution in [1.82, 2.24) is 4.90 Å². The van der Waals surface area contributed by atoms with Crippen LogP contribution in [0.2, 0.25) is 0 Å². The van der Waals surface area contributed by atoms with Crippen molar-refractivity contribution in [1.29, 1.82) is 0 Å². The molecule has 94 valence electrons. The summed E-state index contributed by atoms with van der Waals surface area (Å²) < 4.78 is 5.06. The molecule has 0 spiro atoms. The molecule has 0 radical (unpaired) electrons. The fourth-order valence-electron chi connectivity index (χ4n) is 2.26. The van der Waals surface area contributed by atoms with E-state index in [1.807, 2.05) is 22.4 Å². The number of carbonyl (C=O) groups is 1. The van der Waals surface area contributed by atoms with Crippen molar-refractivity contribution in [2.75, 3.05) is 20.3 Å². The number of thiophene rings is 1. The lowest BCUT2D eigenvalue weighted by Crippen LogP contribution is -2.49. The van der Waals surface area contributed by atoms with Gasteiger partial charge in [-0.3, -0.25) is 4.79 Å². The zero-order valence-electron chi connectivity index (χ0n) is 9.96. The molecule has 2 N–H and O–H groups in total. The molecule has 2 unspecified atom stereocenters. The van der Waals surface area contributed by atoms with Gasteiger partial charge in [0.05, 0.1) is 12.6 Å². The van der Waals surface area contributed by atoms with Crippen LogP contribution in [0.25, 0.3) is 0 Å². The summed E-state index contributed by atoms with van der Waals surface area (Å²) in [7, 11) is 1.65. The second-order valence-electron chi connectivity index (χ2n) is 4.24. The molecule has 0 saturated carbocycles. The average Bonchev–Trinajstić information content (AvgIpc) is 2.83. The van der Waals surface area contributed by atoms with Gasteiger partial charge >= 0.3 is 0 Å². The van der Waals surface area contributed by atoms with Crippen molar-refractivity contribution in [2.24, 2.45) is 5.73 Å². The van der Waals surface area contributed by atoms with E-state index in [9.17, 15) is 4.79 Å². The monoisotopic (exact) mass is 254 g/mol. The maximum absolute atomic E-state index is 12.0. The van der Waals surface area contributed by atoms with Gasteiger partial charge < -0.3 is 15.4 Å². The Morgan fingerprint density at radius 1 is 1.65 bits per heavy atom. The van der Waals surface area contributed by atoms with E-state index in [1.54, 1.807) is 18.4 Å². The molecule has 0 aliphatic carbocycles. The maximum Gasteiger partial charge on any atom is 0.223 e. The van der Waals surface area contributed by atoms with Gasteiger partial charge in [0.1, 0.15) is 0 Å². The number of hydrogen-bond acceptors (Lipinski definition) is 4. The third-order valence-electron chi connectivity index (χ3n) is 3.12. The van der Waals surface area contributed by atoms with Crippen molar-refractivity contribution in [3.63, 3.8) is 0 Å². The number of ether oxygens (including phenoxy) is 1. The second kappa shape index (κ2) is 5.62. The first-order valence-corrected chi connectivity index (χ1v) is 6.69. The summed E-state index contributed by atoms with van der Waals surface area (Å²) >= 11 is 1.66. The van der Waals surface area contributed by atoms with Crippen LogP contribution in [-0.2, 0) is 9.53 Å². The molecule has 1 fully saturated rings. The fraction of sp³-hybridized carbons (Fsp3) is 0.583. The van der Waals surface area contributed by atoms with Crippen molar-refractivity contribution in [3.8, 4) is 0 Å². The van der Waals surface area contributed by atoms with Gasteiger partial charge in [0.2, 0.25) is 5.91 Å². The Hall–Kier alpha value is -0.910. The smallest absolute Gasteiger partial charge is 0.223 e. The average molecular weight is 254 g/mol. The summed E-state index contributed by atoms with van der Waals surface area (Å²) in [5.41, 5.74) is 6.17. The Morgan fingerprint density at radius 3 is 3.12 bits per heavy atom. The molecule has 2 heterocycles. The first kappa shape index (κ1) is 12.5. The predicted octanol–water partition coefficient (Wildman–Crippen LogP) is 1.39. The molecule has 17 heavy (non-hydrogen) atoms. The van der Waals surface area contributed by atoms with Gasteiger partial charge in [-0.2, -0.15) is 0 Å². The largest absolute Gasteiger partial charge is 0.383 e. The molecule has 0 aromatic carbocycles. The van der Waals surface area contributed by atoms with Gasteiger partial charge in [0.25, 0.3) is 0 Å². The first-order valence-electron chi connectivity index (χ1n) is 5.81.